The molecule has 1 aromatic rings. The Bertz CT molecular complexity index is 643. The predicted octanol–water partition coefficient (Wildman–Crippen LogP) is 2.03. The van der Waals surface area contributed by atoms with E-state index in [1.54, 1.807) is 28.6 Å². The van der Waals surface area contributed by atoms with Crippen LogP contribution < -0.4 is 0 Å². The fourth-order valence-corrected chi connectivity index (χ4v) is 4.80. The number of likely N-dealkylation sites (tertiary alicyclic amines) is 1. The van der Waals surface area contributed by atoms with Crippen LogP contribution in [0, 0.1) is 0 Å². The van der Waals surface area contributed by atoms with Gasteiger partial charge in [-0.25, -0.2) is 8.42 Å². The van der Waals surface area contributed by atoms with E-state index in [0.29, 0.717) is 24.4 Å². The number of rotatable bonds is 4. The molecule has 2 aliphatic heterocycles. The van der Waals surface area contributed by atoms with Crippen molar-refractivity contribution in [1.29, 1.82) is 0 Å². The maximum atomic E-state index is 12.6. The molecule has 0 aromatic heterocycles. The van der Waals surface area contributed by atoms with Gasteiger partial charge in [-0.15, -0.1) is 0 Å². The van der Waals surface area contributed by atoms with Crippen LogP contribution in [0.15, 0.2) is 29.2 Å². The number of piperidine rings is 1. The number of carbonyl (C=O) groups is 1. The first-order chi connectivity index (χ1) is 11.1. The van der Waals surface area contributed by atoms with Crippen molar-refractivity contribution in [3.8, 4) is 0 Å². The first kappa shape index (κ1) is 16.5. The molecule has 0 atom stereocenters. The van der Waals surface area contributed by atoms with Crippen LogP contribution in [0.3, 0.4) is 0 Å². The van der Waals surface area contributed by atoms with Crippen molar-refractivity contribution in [2.24, 2.45) is 0 Å². The van der Waals surface area contributed by atoms with E-state index in [1.807, 2.05) is 4.90 Å². The summed E-state index contributed by atoms with van der Waals surface area (Å²) in [6.45, 7) is 2.91. The molecule has 126 valence electrons. The molecule has 0 spiro atoms. The largest absolute Gasteiger partial charge is 0.342 e. The van der Waals surface area contributed by atoms with E-state index in [-0.39, 0.29) is 5.91 Å². The first-order valence-electron chi connectivity index (χ1n) is 8.44. The Labute approximate surface area is 138 Å². The summed E-state index contributed by atoms with van der Waals surface area (Å²) >= 11 is 0. The molecule has 0 N–H and O–H groups in total. The summed E-state index contributed by atoms with van der Waals surface area (Å²) in [5.74, 6) is 0.133. The summed E-state index contributed by atoms with van der Waals surface area (Å²) < 4.78 is 26.7. The van der Waals surface area contributed by atoms with Crippen LogP contribution in [0.5, 0.6) is 0 Å². The van der Waals surface area contributed by atoms with Gasteiger partial charge < -0.3 is 4.90 Å². The molecule has 1 amide bonds. The average molecular weight is 336 g/mol. The van der Waals surface area contributed by atoms with E-state index in [4.69, 9.17) is 0 Å². The first-order valence-corrected chi connectivity index (χ1v) is 9.88. The summed E-state index contributed by atoms with van der Waals surface area (Å²) in [4.78, 5) is 14.4. The molecule has 0 saturated carbocycles. The van der Waals surface area contributed by atoms with Gasteiger partial charge in [-0.1, -0.05) is 18.6 Å². The molecular weight excluding hydrogens is 312 g/mol. The highest BCUT2D eigenvalue weighted by molar-refractivity contribution is 7.89. The van der Waals surface area contributed by atoms with Gasteiger partial charge in [0.1, 0.15) is 0 Å². The topological polar surface area (TPSA) is 57.7 Å². The fourth-order valence-electron chi connectivity index (χ4n) is 3.29. The molecule has 2 aliphatic rings. The van der Waals surface area contributed by atoms with Gasteiger partial charge in [-0.3, -0.25) is 4.79 Å². The van der Waals surface area contributed by atoms with Gasteiger partial charge in [0.15, 0.2) is 0 Å². The lowest BCUT2D eigenvalue weighted by atomic mass is 10.1. The average Bonchev–Trinajstić information content (AvgIpc) is 3.11. The van der Waals surface area contributed by atoms with Crippen molar-refractivity contribution in [1.82, 2.24) is 9.21 Å². The normalized spacial score (nSPS) is 19.9. The van der Waals surface area contributed by atoms with Gasteiger partial charge in [0, 0.05) is 26.2 Å². The highest BCUT2D eigenvalue weighted by Crippen LogP contribution is 2.21. The molecular formula is C17H24N2O3S. The second kappa shape index (κ2) is 7.01. The highest BCUT2D eigenvalue weighted by atomic mass is 32.2. The van der Waals surface area contributed by atoms with Crippen molar-refractivity contribution in [3.63, 3.8) is 0 Å². The number of carbonyl (C=O) groups excluding carboxylic acids is 1. The number of hydrogen-bond acceptors (Lipinski definition) is 3. The molecule has 2 fully saturated rings. The van der Waals surface area contributed by atoms with Crippen molar-refractivity contribution >= 4 is 15.9 Å². The van der Waals surface area contributed by atoms with Crippen LogP contribution in [-0.2, 0) is 21.2 Å². The molecule has 3 rings (SSSR count). The van der Waals surface area contributed by atoms with Gasteiger partial charge in [-0.2, -0.15) is 4.31 Å². The van der Waals surface area contributed by atoms with E-state index < -0.39 is 10.0 Å². The van der Waals surface area contributed by atoms with Crippen molar-refractivity contribution < 1.29 is 13.2 Å². The molecule has 5 nitrogen and oxygen atoms in total. The van der Waals surface area contributed by atoms with Gasteiger partial charge in [0.2, 0.25) is 15.9 Å². The Hall–Kier alpha value is -1.40. The second-order valence-electron chi connectivity index (χ2n) is 6.37. The number of amides is 1. The maximum absolute atomic E-state index is 12.6. The van der Waals surface area contributed by atoms with E-state index in [0.717, 1.165) is 50.8 Å². The molecule has 0 aliphatic carbocycles. The van der Waals surface area contributed by atoms with Crippen LogP contribution in [0.2, 0.25) is 0 Å². The van der Waals surface area contributed by atoms with Crippen molar-refractivity contribution in [3.05, 3.63) is 29.8 Å². The maximum Gasteiger partial charge on any atom is 0.243 e. The van der Waals surface area contributed by atoms with Gasteiger partial charge in [-0.05, 0) is 43.4 Å². The fraction of sp³-hybridized carbons (Fsp3) is 0.588. The molecule has 2 saturated heterocycles. The number of benzene rings is 1. The Morgan fingerprint density at radius 1 is 0.870 bits per heavy atom. The monoisotopic (exact) mass is 336 g/mol. The number of sulfonamides is 1. The Morgan fingerprint density at radius 3 is 2.04 bits per heavy atom. The number of hydrogen-bond donors (Lipinski definition) is 0. The Kier molecular flexibility index (Phi) is 5.02. The van der Waals surface area contributed by atoms with Gasteiger partial charge in [0.05, 0.1) is 11.3 Å². The quantitative estimate of drug-likeness (QED) is 0.845. The molecule has 23 heavy (non-hydrogen) atoms. The summed E-state index contributed by atoms with van der Waals surface area (Å²) in [5, 5.41) is 0. The lowest BCUT2D eigenvalue weighted by molar-refractivity contribution is -0.129. The Morgan fingerprint density at radius 2 is 1.43 bits per heavy atom. The standard InChI is InChI=1S/C17H24N2O3S/c20-17(18-10-4-5-11-18)14-15-6-8-16(9-7-15)23(21,22)19-12-2-1-3-13-19/h6-9H,1-5,10-14H2. The molecule has 1 aromatic carbocycles. The van der Waals surface area contributed by atoms with E-state index in [1.165, 1.54) is 0 Å². The lowest BCUT2D eigenvalue weighted by Crippen LogP contribution is -2.35. The molecule has 6 heteroatoms. The van der Waals surface area contributed by atoms with Crippen LogP contribution in [0.1, 0.15) is 37.7 Å². The zero-order chi connectivity index (χ0) is 16.3. The second-order valence-corrected chi connectivity index (χ2v) is 8.31. The van der Waals surface area contributed by atoms with Crippen molar-refractivity contribution in [2.45, 2.75) is 43.4 Å². The molecule has 0 bridgehead atoms. The van der Waals surface area contributed by atoms with E-state index in [2.05, 4.69) is 0 Å². The van der Waals surface area contributed by atoms with Gasteiger partial charge >= 0.3 is 0 Å². The summed E-state index contributed by atoms with van der Waals surface area (Å²) in [5.41, 5.74) is 0.875. The van der Waals surface area contributed by atoms with Crippen molar-refractivity contribution in [2.75, 3.05) is 26.2 Å². The molecule has 0 unspecified atom stereocenters. The third-order valence-corrected chi connectivity index (χ3v) is 6.60. The lowest BCUT2D eigenvalue weighted by Gasteiger charge is -2.25. The van der Waals surface area contributed by atoms with E-state index >= 15 is 0 Å². The smallest absolute Gasteiger partial charge is 0.243 e. The van der Waals surface area contributed by atoms with Crippen LogP contribution in [0.25, 0.3) is 0 Å². The SMILES string of the molecule is O=C(Cc1ccc(S(=O)(=O)N2CCCCC2)cc1)N1CCCC1. The van der Waals surface area contributed by atoms with Crippen LogP contribution >= 0.6 is 0 Å². The Balaban J connectivity index is 1.67. The third-order valence-electron chi connectivity index (χ3n) is 4.69. The van der Waals surface area contributed by atoms with Gasteiger partial charge in [0.25, 0.3) is 0 Å². The molecule has 0 radical (unpaired) electrons. The summed E-state index contributed by atoms with van der Waals surface area (Å²) in [6, 6.07) is 6.81. The van der Waals surface area contributed by atoms with Crippen LogP contribution in [0.4, 0.5) is 0 Å². The summed E-state index contributed by atoms with van der Waals surface area (Å²) in [7, 11) is -3.38. The third kappa shape index (κ3) is 3.75. The summed E-state index contributed by atoms with van der Waals surface area (Å²) in [6.07, 6.45) is 5.48. The number of nitrogens with zero attached hydrogens (tertiary/aromatic N) is 2. The predicted molar refractivity (Wildman–Crippen MR) is 88.6 cm³/mol. The van der Waals surface area contributed by atoms with Crippen LogP contribution in [-0.4, -0.2) is 49.7 Å². The molecule has 2 heterocycles. The zero-order valence-corrected chi connectivity index (χ0v) is 14.2. The minimum absolute atomic E-state index is 0.133. The minimum Gasteiger partial charge on any atom is -0.342 e. The van der Waals surface area contributed by atoms with E-state index in [9.17, 15) is 13.2 Å². The highest BCUT2D eigenvalue weighted by Gasteiger charge is 2.26. The minimum atomic E-state index is -3.38. The zero-order valence-electron chi connectivity index (χ0n) is 13.4.